The molecule has 2 heterocycles. The zero-order chi connectivity index (χ0) is 20.7. The highest BCUT2D eigenvalue weighted by molar-refractivity contribution is 5.99. The molecule has 0 spiro atoms. The van der Waals surface area contributed by atoms with Gasteiger partial charge < -0.3 is 9.47 Å². The van der Waals surface area contributed by atoms with E-state index in [1.165, 1.54) is 0 Å². The number of aromatic nitrogens is 3. The van der Waals surface area contributed by atoms with Gasteiger partial charge in [-0.25, -0.2) is 9.50 Å². The van der Waals surface area contributed by atoms with Gasteiger partial charge in [0.2, 0.25) is 0 Å². The van der Waals surface area contributed by atoms with Crippen LogP contribution >= 0.6 is 0 Å². The van der Waals surface area contributed by atoms with Crippen LogP contribution in [0.15, 0.2) is 60.9 Å². The van der Waals surface area contributed by atoms with Crippen LogP contribution in [-0.2, 0) is 6.42 Å². The molecule has 1 aliphatic carbocycles. The Morgan fingerprint density at radius 3 is 2.53 bits per heavy atom. The highest BCUT2D eigenvalue weighted by Crippen LogP contribution is 2.34. The normalized spacial score (nSPS) is 15.8. The summed E-state index contributed by atoms with van der Waals surface area (Å²) in [6.45, 7) is 0. The van der Waals surface area contributed by atoms with Gasteiger partial charge >= 0.3 is 0 Å². The first-order chi connectivity index (χ1) is 14.7. The summed E-state index contributed by atoms with van der Waals surface area (Å²) in [6.07, 6.45) is 4.78. The van der Waals surface area contributed by atoms with Crippen molar-refractivity contribution in [1.29, 1.82) is 0 Å². The van der Waals surface area contributed by atoms with E-state index < -0.39 is 0 Å². The molecule has 2 aromatic heterocycles. The minimum absolute atomic E-state index is 0.102. The molecule has 0 aliphatic heterocycles. The molecule has 0 saturated carbocycles. The van der Waals surface area contributed by atoms with E-state index in [1.807, 2.05) is 54.7 Å². The molecule has 4 aromatic rings. The summed E-state index contributed by atoms with van der Waals surface area (Å²) in [6, 6.07) is 15.7. The molecule has 5 rings (SSSR count). The maximum Gasteiger partial charge on any atom is 0.166 e. The molecule has 1 aliphatic rings. The molecule has 1 unspecified atom stereocenters. The average molecular weight is 399 g/mol. The predicted octanol–water partition coefficient (Wildman–Crippen LogP) is 4.33. The molecule has 6 nitrogen and oxygen atoms in total. The summed E-state index contributed by atoms with van der Waals surface area (Å²) < 4.78 is 12.3. The lowest BCUT2D eigenvalue weighted by Gasteiger charge is -2.23. The van der Waals surface area contributed by atoms with Crippen LogP contribution in [0.1, 0.15) is 34.0 Å². The molecule has 150 valence electrons. The number of benzene rings is 2. The summed E-state index contributed by atoms with van der Waals surface area (Å²) >= 11 is 0. The molecule has 0 radical (unpaired) electrons. The predicted molar refractivity (Wildman–Crippen MR) is 113 cm³/mol. The van der Waals surface area contributed by atoms with Gasteiger partial charge in [-0.3, -0.25) is 4.79 Å². The van der Waals surface area contributed by atoms with E-state index in [9.17, 15) is 4.79 Å². The third kappa shape index (κ3) is 3.10. The van der Waals surface area contributed by atoms with Gasteiger partial charge in [0, 0.05) is 18.2 Å². The monoisotopic (exact) mass is 399 g/mol. The Balaban J connectivity index is 1.55. The maximum absolute atomic E-state index is 12.9. The number of rotatable bonds is 4. The van der Waals surface area contributed by atoms with Crippen molar-refractivity contribution in [3.63, 3.8) is 0 Å². The lowest BCUT2D eigenvalue weighted by Crippen LogP contribution is -2.21. The van der Waals surface area contributed by atoms with Crippen molar-refractivity contribution >= 4 is 11.4 Å². The second-order valence-electron chi connectivity index (χ2n) is 7.46. The van der Waals surface area contributed by atoms with Crippen LogP contribution in [0.5, 0.6) is 11.5 Å². The van der Waals surface area contributed by atoms with E-state index in [0.717, 1.165) is 39.5 Å². The number of hydrogen-bond acceptors (Lipinski definition) is 5. The van der Waals surface area contributed by atoms with Crippen LogP contribution < -0.4 is 9.47 Å². The lowest BCUT2D eigenvalue weighted by atomic mass is 9.82. The summed E-state index contributed by atoms with van der Waals surface area (Å²) in [7, 11) is 3.30. The van der Waals surface area contributed by atoms with Gasteiger partial charge in [0.1, 0.15) is 11.5 Å². The van der Waals surface area contributed by atoms with Crippen LogP contribution in [0.4, 0.5) is 0 Å². The molecule has 0 bridgehead atoms. The van der Waals surface area contributed by atoms with E-state index in [4.69, 9.17) is 14.5 Å². The van der Waals surface area contributed by atoms with Crippen molar-refractivity contribution in [2.45, 2.75) is 18.8 Å². The number of nitrogens with zero attached hydrogens (tertiary/aromatic N) is 3. The average Bonchev–Trinajstić information content (AvgIpc) is 3.21. The number of ether oxygens (including phenoxy) is 2. The molecule has 2 aromatic carbocycles. The number of carbonyl (C=O) groups is 1. The summed E-state index contributed by atoms with van der Waals surface area (Å²) in [5, 5.41) is 4.44. The van der Waals surface area contributed by atoms with Crippen LogP contribution in [0, 0.1) is 0 Å². The Labute approximate surface area is 174 Å². The second kappa shape index (κ2) is 7.30. The topological polar surface area (TPSA) is 65.7 Å². The van der Waals surface area contributed by atoms with Crippen LogP contribution in [-0.4, -0.2) is 34.6 Å². The van der Waals surface area contributed by atoms with Gasteiger partial charge in [-0.05, 0) is 47.7 Å². The van der Waals surface area contributed by atoms with E-state index >= 15 is 0 Å². The minimum Gasteiger partial charge on any atom is -0.497 e. The Kier molecular flexibility index (Phi) is 4.47. The van der Waals surface area contributed by atoms with Crippen LogP contribution in [0.25, 0.3) is 16.8 Å². The maximum atomic E-state index is 12.9. The fourth-order valence-corrected chi connectivity index (χ4v) is 4.08. The SMILES string of the molecule is COc1ccc(C2CC(=O)c3cn4ncc(-c5cccc(OC)c5)c4nc3C2)cc1. The largest absolute Gasteiger partial charge is 0.497 e. The fourth-order valence-electron chi connectivity index (χ4n) is 4.08. The summed E-state index contributed by atoms with van der Waals surface area (Å²) in [5.74, 6) is 1.79. The Hall–Kier alpha value is -3.67. The molecule has 0 N–H and O–H groups in total. The highest BCUT2D eigenvalue weighted by Gasteiger charge is 2.28. The quantitative estimate of drug-likeness (QED) is 0.511. The van der Waals surface area contributed by atoms with Gasteiger partial charge in [0.15, 0.2) is 11.4 Å². The van der Waals surface area contributed by atoms with Crippen LogP contribution in [0.2, 0.25) is 0 Å². The molecular weight excluding hydrogens is 378 g/mol. The lowest BCUT2D eigenvalue weighted by molar-refractivity contribution is 0.0962. The van der Waals surface area contributed by atoms with Gasteiger partial charge in [-0.1, -0.05) is 24.3 Å². The number of ketones is 1. The number of carbonyl (C=O) groups excluding carboxylic acids is 1. The van der Waals surface area contributed by atoms with E-state index in [-0.39, 0.29) is 11.7 Å². The number of methoxy groups -OCH3 is 2. The third-order valence-corrected chi connectivity index (χ3v) is 5.71. The van der Waals surface area contributed by atoms with E-state index in [0.29, 0.717) is 18.4 Å². The summed E-state index contributed by atoms with van der Waals surface area (Å²) in [4.78, 5) is 17.8. The molecule has 30 heavy (non-hydrogen) atoms. The van der Waals surface area contributed by atoms with Crippen molar-refractivity contribution in [3.05, 3.63) is 77.7 Å². The van der Waals surface area contributed by atoms with Crippen molar-refractivity contribution in [2.24, 2.45) is 0 Å². The third-order valence-electron chi connectivity index (χ3n) is 5.71. The zero-order valence-corrected chi connectivity index (χ0v) is 16.8. The summed E-state index contributed by atoms with van der Waals surface area (Å²) in [5.41, 5.74) is 5.24. The molecule has 6 heteroatoms. The Bertz CT molecular complexity index is 1240. The van der Waals surface area contributed by atoms with Gasteiger partial charge in [-0.15, -0.1) is 0 Å². The first-order valence-corrected chi connectivity index (χ1v) is 9.85. The molecule has 0 fully saturated rings. The molecular formula is C24H21N3O3. The fraction of sp³-hybridized carbons (Fsp3) is 0.208. The number of Topliss-reactive ketones (excluding diaryl/α,β-unsaturated/α-hetero) is 1. The van der Waals surface area contributed by atoms with Crippen molar-refractivity contribution in [2.75, 3.05) is 14.2 Å². The first-order valence-electron chi connectivity index (χ1n) is 9.85. The standard InChI is InChI=1S/C24H21N3O3/c1-29-18-8-6-15(7-9-18)17-11-22-21(23(28)12-17)14-27-24(26-22)20(13-25-27)16-4-3-5-19(10-16)30-2/h3-10,13-14,17H,11-12H2,1-2H3. The molecule has 0 saturated heterocycles. The Morgan fingerprint density at radius 2 is 1.77 bits per heavy atom. The molecule has 0 amide bonds. The van der Waals surface area contributed by atoms with Crippen molar-refractivity contribution < 1.29 is 14.3 Å². The highest BCUT2D eigenvalue weighted by atomic mass is 16.5. The minimum atomic E-state index is 0.102. The number of hydrogen-bond donors (Lipinski definition) is 0. The zero-order valence-electron chi connectivity index (χ0n) is 16.8. The van der Waals surface area contributed by atoms with Crippen molar-refractivity contribution in [3.8, 4) is 22.6 Å². The van der Waals surface area contributed by atoms with Crippen molar-refractivity contribution in [1.82, 2.24) is 14.6 Å². The number of fused-ring (bicyclic) bond motifs is 2. The molecule has 1 atom stereocenters. The van der Waals surface area contributed by atoms with E-state index in [2.05, 4.69) is 5.10 Å². The second-order valence-corrected chi connectivity index (χ2v) is 7.46. The first kappa shape index (κ1) is 18.4. The van der Waals surface area contributed by atoms with Gasteiger partial charge in [0.05, 0.1) is 31.7 Å². The Morgan fingerprint density at radius 1 is 0.967 bits per heavy atom. The smallest absolute Gasteiger partial charge is 0.166 e. The van der Waals surface area contributed by atoms with Gasteiger partial charge in [0.25, 0.3) is 0 Å². The van der Waals surface area contributed by atoms with Gasteiger partial charge in [-0.2, -0.15) is 5.10 Å². The van der Waals surface area contributed by atoms with E-state index in [1.54, 1.807) is 24.9 Å². The van der Waals surface area contributed by atoms with Crippen LogP contribution in [0.3, 0.4) is 0 Å².